The standard InChI is InChI=1S/C15H12FNO2S2/c16-11-5-6-13(17)15(7-11)21(18,19)9-10-8-20-14-4-2-1-3-12(10)14/h1-8H,9,17H2. The molecular formula is C15H12FNO2S2. The highest BCUT2D eigenvalue weighted by Crippen LogP contribution is 2.30. The summed E-state index contributed by atoms with van der Waals surface area (Å²) in [6, 6.07) is 11.0. The van der Waals surface area contributed by atoms with Gasteiger partial charge in [-0.05, 0) is 40.6 Å². The third kappa shape index (κ3) is 2.64. The molecule has 2 N–H and O–H groups in total. The fourth-order valence-corrected chi connectivity index (χ4v) is 4.80. The number of nitrogen functional groups attached to an aromatic ring is 1. The molecule has 0 fully saturated rings. The Morgan fingerprint density at radius 1 is 1.14 bits per heavy atom. The van der Waals surface area contributed by atoms with Gasteiger partial charge in [-0.25, -0.2) is 12.8 Å². The molecule has 0 aliphatic carbocycles. The average molecular weight is 321 g/mol. The first-order chi connectivity index (χ1) is 9.97. The van der Waals surface area contributed by atoms with E-state index >= 15 is 0 Å². The topological polar surface area (TPSA) is 60.2 Å². The number of halogens is 1. The fourth-order valence-electron chi connectivity index (χ4n) is 2.20. The third-order valence-corrected chi connectivity index (χ3v) is 5.94. The van der Waals surface area contributed by atoms with Crippen LogP contribution in [0.3, 0.4) is 0 Å². The zero-order valence-corrected chi connectivity index (χ0v) is 12.5. The molecule has 0 bridgehead atoms. The number of rotatable bonds is 3. The van der Waals surface area contributed by atoms with Crippen LogP contribution in [0, 0.1) is 5.82 Å². The average Bonchev–Trinajstić information content (AvgIpc) is 2.84. The molecule has 1 heterocycles. The van der Waals surface area contributed by atoms with Gasteiger partial charge in [-0.3, -0.25) is 0 Å². The van der Waals surface area contributed by atoms with Crippen molar-refractivity contribution in [2.24, 2.45) is 0 Å². The van der Waals surface area contributed by atoms with Gasteiger partial charge in [-0.15, -0.1) is 11.3 Å². The lowest BCUT2D eigenvalue weighted by molar-refractivity contribution is 0.591. The molecule has 0 aliphatic heterocycles. The van der Waals surface area contributed by atoms with E-state index in [0.29, 0.717) is 5.56 Å². The second-order valence-electron chi connectivity index (χ2n) is 4.70. The van der Waals surface area contributed by atoms with Crippen LogP contribution in [0.25, 0.3) is 10.1 Å². The summed E-state index contributed by atoms with van der Waals surface area (Å²) in [4.78, 5) is -0.155. The van der Waals surface area contributed by atoms with Gasteiger partial charge in [0.25, 0.3) is 0 Å². The highest BCUT2D eigenvalue weighted by atomic mass is 32.2. The number of thiophene rings is 1. The number of hydrogen-bond acceptors (Lipinski definition) is 4. The number of sulfone groups is 1. The maximum Gasteiger partial charge on any atom is 0.184 e. The molecule has 0 aliphatic rings. The third-order valence-electron chi connectivity index (χ3n) is 3.22. The second kappa shape index (κ2) is 5.13. The minimum atomic E-state index is -3.69. The van der Waals surface area contributed by atoms with Crippen LogP contribution in [0.4, 0.5) is 10.1 Å². The van der Waals surface area contributed by atoms with Crippen molar-refractivity contribution in [3.63, 3.8) is 0 Å². The highest BCUT2D eigenvalue weighted by Gasteiger charge is 2.21. The van der Waals surface area contributed by atoms with Gasteiger partial charge < -0.3 is 5.73 Å². The molecule has 0 unspecified atom stereocenters. The van der Waals surface area contributed by atoms with Gasteiger partial charge in [-0.2, -0.15) is 0 Å². The van der Waals surface area contributed by atoms with E-state index in [1.165, 1.54) is 17.4 Å². The van der Waals surface area contributed by atoms with E-state index in [1.807, 2.05) is 29.6 Å². The first kappa shape index (κ1) is 14.0. The Balaban J connectivity index is 2.05. The summed E-state index contributed by atoms with van der Waals surface area (Å²) in [6.07, 6.45) is 0. The summed E-state index contributed by atoms with van der Waals surface area (Å²) in [5.74, 6) is -0.803. The highest BCUT2D eigenvalue weighted by molar-refractivity contribution is 7.90. The van der Waals surface area contributed by atoms with Crippen LogP contribution in [0.1, 0.15) is 5.56 Å². The van der Waals surface area contributed by atoms with E-state index in [1.54, 1.807) is 0 Å². The van der Waals surface area contributed by atoms with Gasteiger partial charge in [-0.1, -0.05) is 18.2 Å². The maximum absolute atomic E-state index is 13.3. The van der Waals surface area contributed by atoms with Crippen LogP contribution in [-0.2, 0) is 15.6 Å². The van der Waals surface area contributed by atoms with Crippen molar-refractivity contribution < 1.29 is 12.8 Å². The number of anilines is 1. The minimum absolute atomic E-state index is 0.0657. The van der Waals surface area contributed by atoms with Crippen LogP contribution in [0.5, 0.6) is 0 Å². The molecule has 2 aromatic carbocycles. The van der Waals surface area contributed by atoms with Gasteiger partial charge in [0.15, 0.2) is 9.84 Å². The molecule has 3 nitrogen and oxygen atoms in total. The molecular weight excluding hydrogens is 309 g/mol. The molecule has 3 aromatic rings. The van der Waals surface area contributed by atoms with Crippen molar-refractivity contribution in [1.29, 1.82) is 0 Å². The Kier molecular flexibility index (Phi) is 3.43. The molecule has 6 heteroatoms. The molecule has 0 amide bonds. The monoisotopic (exact) mass is 321 g/mol. The number of fused-ring (bicyclic) bond motifs is 1. The largest absolute Gasteiger partial charge is 0.398 e. The molecule has 21 heavy (non-hydrogen) atoms. The SMILES string of the molecule is Nc1ccc(F)cc1S(=O)(=O)Cc1csc2ccccc12. The van der Waals surface area contributed by atoms with Crippen LogP contribution in [0.2, 0.25) is 0 Å². The Bertz CT molecular complexity index is 916. The molecule has 0 spiro atoms. The molecule has 0 saturated heterocycles. The zero-order valence-electron chi connectivity index (χ0n) is 10.9. The summed E-state index contributed by atoms with van der Waals surface area (Å²) in [5, 5.41) is 2.72. The molecule has 108 valence electrons. The van der Waals surface area contributed by atoms with Gasteiger partial charge in [0, 0.05) is 4.70 Å². The summed E-state index contributed by atoms with van der Waals surface area (Å²) in [6.45, 7) is 0. The van der Waals surface area contributed by atoms with Crippen LogP contribution < -0.4 is 5.73 Å². The van der Waals surface area contributed by atoms with E-state index < -0.39 is 15.7 Å². The lowest BCUT2D eigenvalue weighted by Crippen LogP contribution is -2.08. The molecule has 0 radical (unpaired) electrons. The van der Waals surface area contributed by atoms with Gasteiger partial charge in [0.05, 0.1) is 16.3 Å². The van der Waals surface area contributed by atoms with Crippen LogP contribution in [0.15, 0.2) is 52.7 Å². The summed E-state index contributed by atoms with van der Waals surface area (Å²) < 4.78 is 39.3. The predicted octanol–water partition coefficient (Wildman–Crippen LogP) is 3.60. The van der Waals surface area contributed by atoms with Crippen LogP contribution in [-0.4, -0.2) is 8.42 Å². The number of hydrogen-bond donors (Lipinski definition) is 1. The maximum atomic E-state index is 13.3. The lowest BCUT2D eigenvalue weighted by atomic mass is 10.2. The van der Waals surface area contributed by atoms with Crippen molar-refractivity contribution in [2.45, 2.75) is 10.6 Å². The van der Waals surface area contributed by atoms with E-state index in [4.69, 9.17) is 5.73 Å². The van der Waals surface area contributed by atoms with Crippen LogP contribution >= 0.6 is 11.3 Å². The minimum Gasteiger partial charge on any atom is -0.398 e. The quantitative estimate of drug-likeness (QED) is 0.750. The van der Waals surface area contributed by atoms with Crippen molar-refractivity contribution in [3.05, 3.63) is 59.2 Å². The van der Waals surface area contributed by atoms with E-state index in [9.17, 15) is 12.8 Å². The first-order valence-electron chi connectivity index (χ1n) is 6.20. The molecule has 1 aromatic heterocycles. The summed E-state index contributed by atoms with van der Waals surface area (Å²) in [5.41, 5.74) is 6.45. The Morgan fingerprint density at radius 3 is 2.71 bits per heavy atom. The number of benzene rings is 2. The van der Waals surface area contributed by atoms with Crippen molar-refractivity contribution in [3.8, 4) is 0 Å². The normalized spacial score (nSPS) is 11.9. The van der Waals surface area contributed by atoms with Gasteiger partial charge in [0.1, 0.15) is 5.82 Å². The zero-order chi connectivity index (χ0) is 15.0. The van der Waals surface area contributed by atoms with E-state index in [2.05, 4.69) is 0 Å². The van der Waals surface area contributed by atoms with Gasteiger partial charge >= 0.3 is 0 Å². The second-order valence-corrected chi connectivity index (χ2v) is 7.57. The van der Waals surface area contributed by atoms with Crippen molar-refractivity contribution >= 4 is 36.9 Å². The van der Waals surface area contributed by atoms with Crippen molar-refractivity contribution in [2.75, 3.05) is 5.73 Å². The molecule has 0 saturated carbocycles. The lowest BCUT2D eigenvalue weighted by Gasteiger charge is -2.07. The molecule has 3 rings (SSSR count). The Labute approximate surface area is 125 Å². The van der Waals surface area contributed by atoms with E-state index in [0.717, 1.165) is 22.2 Å². The smallest absolute Gasteiger partial charge is 0.184 e. The fraction of sp³-hybridized carbons (Fsp3) is 0.0667. The first-order valence-corrected chi connectivity index (χ1v) is 8.73. The predicted molar refractivity (Wildman–Crippen MR) is 83.5 cm³/mol. The summed E-state index contributed by atoms with van der Waals surface area (Å²) in [7, 11) is -3.69. The van der Waals surface area contributed by atoms with E-state index in [-0.39, 0.29) is 16.3 Å². The Hall–Kier alpha value is -1.92. The molecule has 0 atom stereocenters. The Morgan fingerprint density at radius 2 is 1.90 bits per heavy atom. The van der Waals surface area contributed by atoms with Crippen molar-refractivity contribution in [1.82, 2.24) is 0 Å². The van der Waals surface area contributed by atoms with Gasteiger partial charge in [0.2, 0.25) is 0 Å². The number of nitrogens with two attached hydrogens (primary N) is 1. The summed E-state index contributed by atoms with van der Waals surface area (Å²) >= 11 is 1.49.